The van der Waals surface area contributed by atoms with Gasteiger partial charge in [-0.3, -0.25) is 4.79 Å². The topological polar surface area (TPSA) is 47.4 Å². The van der Waals surface area contributed by atoms with Crippen LogP contribution in [0.1, 0.15) is 18.2 Å². The average molecular weight is 287 g/mol. The summed E-state index contributed by atoms with van der Waals surface area (Å²) in [5.41, 5.74) is 0.928. The average Bonchev–Trinajstić information content (AvgIpc) is 2.92. The molecule has 112 valence electrons. The number of hydrogen-bond acceptors (Lipinski definition) is 3. The highest BCUT2D eigenvalue weighted by atomic mass is 16.5. The quantitative estimate of drug-likeness (QED) is 0.864. The summed E-state index contributed by atoms with van der Waals surface area (Å²) in [6, 6.07) is 7.55. The summed E-state index contributed by atoms with van der Waals surface area (Å²) >= 11 is 0. The van der Waals surface area contributed by atoms with Crippen molar-refractivity contribution >= 4 is 5.91 Å². The molecule has 1 aromatic carbocycles. The van der Waals surface area contributed by atoms with Gasteiger partial charge in [-0.1, -0.05) is 12.1 Å². The van der Waals surface area contributed by atoms with Crippen LogP contribution in [0.5, 0.6) is 5.75 Å². The third kappa shape index (κ3) is 2.63. The van der Waals surface area contributed by atoms with Gasteiger partial charge in [0.05, 0.1) is 19.1 Å². The van der Waals surface area contributed by atoms with E-state index in [0.717, 1.165) is 17.0 Å². The van der Waals surface area contributed by atoms with Crippen LogP contribution in [0.25, 0.3) is 0 Å². The Kier molecular flexibility index (Phi) is 4.02. The molecular weight excluding hydrogens is 266 g/mol. The molecule has 5 nitrogen and oxygen atoms in total. The van der Waals surface area contributed by atoms with Crippen LogP contribution < -0.4 is 4.74 Å². The molecular formula is C16H21N3O2. The molecule has 1 amide bonds. The largest absolute Gasteiger partial charge is 0.497 e. The monoisotopic (exact) mass is 287 g/mol. The molecule has 2 aromatic rings. The van der Waals surface area contributed by atoms with E-state index < -0.39 is 5.54 Å². The second-order valence-corrected chi connectivity index (χ2v) is 5.42. The van der Waals surface area contributed by atoms with E-state index in [-0.39, 0.29) is 5.91 Å². The van der Waals surface area contributed by atoms with Crippen molar-refractivity contribution in [2.45, 2.75) is 19.4 Å². The van der Waals surface area contributed by atoms with Gasteiger partial charge in [0, 0.05) is 20.3 Å². The molecule has 1 aromatic heterocycles. The van der Waals surface area contributed by atoms with Crippen LogP contribution in [0, 0.1) is 6.92 Å². The highest BCUT2D eigenvalue weighted by Crippen LogP contribution is 2.29. The maximum atomic E-state index is 12.8. The number of nitrogens with zero attached hydrogens (tertiary/aromatic N) is 3. The summed E-state index contributed by atoms with van der Waals surface area (Å²) in [5.74, 6) is 0.755. The van der Waals surface area contributed by atoms with Crippen molar-refractivity contribution in [3.63, 3.8) is 0 Å². The number of aryl methyl sites for hydroxylation is 1. The van der Waals surface area contributed by atoms with E-state index in [1.807, 2.05) is 48.9 Å². The predicted molar refractivity (Wildman–Crippen MR) is 81.4 cm³/mol. The van der Waals surface area contributed by atoms with Gasteiger partial charge >= 0.3 is 0 Å². The molecule has 0 saturated heterocycles. The van der Waals surface area contributed by atoms with E-state index in [1.165, 1.54) is 0 Å². The summed E-state index contributed by atoms with van der Waals surface area (Å²) < 4.78 is 7.04. The van der Waals surface area contributed by atoms with E-state index in [0.29, 0.717) is 0 Å². The molecule has 1 unspecified atom stereocenters. The number of carbonyl (C=O) groups is 1. The van der Waals surface area contributed by atoms with E-state index in [4.69, 9.17) is 4.74 Å². The number of methoxy groups -OCH3 is 1. The van der Waals surface area contributed by atoms with E-state index in [1.54, 1.807) is 32.4 Å². The van der Waals surface area contributed by atoms with Crippen LogP contribution in [-0.2, 0) is 10.3 Å². The second kappa shape index (κ2) is 5.60. The first-order valence-corrected chi connectivity index (χ1v) is 6.77. The minimum absolute atomic E-state index is 0.00920. The number of likely N-dealkylation sites (N-methyl/N-ethyl adjacent to an activating group) is 1. The first-order valence-electron chi connectivity index (χ1n) is 6.77. The van der Waals surface area contributed by atoms with Gasteiger partial charge in [0.25, 0.3) is 5.91 Å². The van der Waals surface area contributed by atoms with Gasteiger partial charge in [-0.15, -0.1) is 0 Å². The number of imidazole rings is 1. The fraction of sp³-hybridized carbons (Fsp3) is 0.375. The predicted octanol–water partition coefficient (Wildman–Crippen LogP) is 2.05. The van der Waals surface area contributed by atoms with Gasteiger partial charge < -0.3 is 14.2 Å². The SMILES string of the molecule is COc1ccc(C(C)(C(=O)N(C)C)n2cnc(C)c2)cc1. The highest BCUT2D eigenvalue weighted by molar-refractivity contribution is 5.87. The van der Waals surface area contributed by atoms with Crippen LogP contribution in [0.3, 0.4) is 0 Å². The minimum Gasteiger partial charge on any atom is -0.497 e. The molecule has 5 heteroatoms. The molecule has 0 radical (unpaired) electrons. The Labute approximate surface area is 125 Å². The maximum absolute atomic E-state index is 12.8. The standard InChI is InChI=1S/C16H21N3O2/c1-12-10-19(11-17-12)16(2,15(20)18(3)4)13-6-8-14(21-5)9-7-13/h6-11H,1-5H3. The zero-order chi connectivity index (χ0) is 15.6. The van der Waals surface area contributed by atoms with Crippen molar-refractivity contribution in [3.8, 4) is 5.75 Å². The van der Waals surface area contributed by atoms with Gasteiger partial charge in [0.15, 0.2) is 0 Å². The lowest BCUT2D eigenvalue weighted by molar-refractivity contribution is -0.135. The minimum atomic E-state index is -0.836. The van der Waals surface area contributed by atoms with Crippen molar-refractivity contribution < 1.29 is 9.53 Å². The van der Waals surface area contributed by atoms with Crippen molar-refractivity contribution in [2.75, 3.05) is 21.2 Å². The van der Waals surface area contributed by atoms with Gasteiger partial charge in [0.2, 0.25) is 0 Å². The molecule has 0 aliphatic heterocycles. The van der Waals surface area contributed by atoms with Crippen molar-refractivity contribution in [2.24, 2.45) is 0 Å². The van der Waals surface area contributed by atoms with Crippen LogP contribution in [0.15, 0.2) is 36.8 Å². The summed E-state index contributed by atoms with van der Waals surface area (Å²) in [6.45, 7) is 3.81. The number of benzene rings is 1. The summed E-state index contributed by atoms with van der Waals surface area (Å²) in [4.78, 5) is 18.6. The third-order valence-corrected chi connectivity index (χ3v) is 3.70. The number of carbonyl (C=O) groups excluding carboxylic acids is 1. The molecule has 0 bridgehead atoms. The summed E-state index contributed by atoms with van der Waals surface area (Å²) in [7, 11) is 5.14. The van der Waals surface area contributed by atoms with Gasteiger partial charge in [-0.25, -0.2) is 4.98 Å². The van der Waals surface area contributed by atoms with Crippen molar-refractivity contribution in [3.05, 3.63) is 48.0 Å². The number of rotatable bonds is 4. The number of hydrogen-bond donors (Lipinski definition) is 0. The van der Waals surface area contributed by atoms with E-state index in [9.17, 15) is 4.79 Å². The first kappa shape index (κ1) is 15.1. The Morgan fingerprint density at radius 3 is 2.33 bits per heavy atom. The Bertz CT molecular complexity index is 631. The molecule has 1 heterocycles. The Hall–Kier alpha value is -2.30. The molecule has 0 saturated carbocycles. The first-order chi connectivity index (χ1) is 9.89. The third-order valence-electron chi connectivity index (χ3n) is 3.70. The van der Waals surface area contributed by atoms with Gasteiger partial charge in [-0.05, 0) is 31.5 Å². The number of ether oxygens (including phenoxy) is 1. The molecule has 0 aliphatic rings. The van der Waals surface area contributed by atoms with Crippen LogP contribution in [0.2, 0.25) is 0 Å². The Morgan fingerprint density at radius 2 is 1.90 bits per heavy atom. The maximum Gasteiger partial charge on any atom is 0.252 e. The second-order valence-electron chi connectivity index (χ2n) is 5.42. The summed E-state index contributed by atoms with van der Waals surface area (Å²) in [5, 5.41) is 0. The lowest BCUT2D eigenvalue weighted by Crippen LogP contribution is -2.46. The Balaban J connectivity index is 2.57. The van der Waals surface area contributed by atoms with Crippen LogP contribution in [0.4, 0.5) is 0 Å². The summed E-state index contributed by atoms with van der Waals surface area (Å²) in [6.07, 6.45) is 3.58. The van der Waals surface area contributed by atoms with Crippen molar-refractivity contribution in [1.29, 1.82) is 0 Å². The number of aromatic nitrogens is 2. The number of amides is 1. The lowest BCUT2D eigenvalue weighted by Gasteiger charge is -2.33. The van der Waals surface area contributed by atoms with Crippen LogP contribution >= 0.6 is 0 Å². The van der Waals surface area contributed by atoms with Gasteiger partial charge in [-0.2, -0.15) is 0 Å². The zero-order valence-corrected chi connectivity index (χ0v) is 13.1. The molecule has 21 heavy (non-hydrogen) atoms. The van der Waals surface area contributed by atoms with E-state index >= 15 is 0 Å². The fourth-order valence-electron chi connectivity index (χ4n) is 2.40. The normalized spacial score (nSPS) is 13.6. The smallest absolute Gasteiger partial charge is 0.252 e. The molecule has 0 N–H and O–H groups in total. The molecule has 2 rings (SSSR count). The van der Waals surface area contributed by atoms with E-state index in [2.05, 4.69) is 4.98 Å². The van der Waals surface area contributed by atoms with Crippen LogP contribution in [-0.4, -0.2) is 41.6 Å². The lowest BCUT2D eigenvalue weighted by atomic mass is 9.90. The zero-order valence-electron chi connectivity index (χ0n) is 13.1. The molecule has 1 atom stereocenters. The highest BCUT2D eigenvalue weighted by Gasteiger charge is 2.38. The molecule has 0 fully saturated rings. The Morgan fingerprint density at radius 1 is 1.29 bits per heavy atom. The molecule has 0 aliphatic carbocycles. The fourth-order valence-corrected chi connectivity index (χ4v) is 2.40. The van der Waals surface area contributed by atoms with Crippen molar-refractivity contribution in [1.82, 2.24) is 14.5 Å². The molecule has 0 spiro atoms. The van der Waals surface area contributed by atoms with Gasteiger partial charge in [0.1, 0.15) is 11.3 Å².